The van der Waals surface area contributed by atoms with Gasteiger partial charge in [0.15, 0.2) is 0 Å². The van der Waals surface area contributed by atoms with E-state index in [-0.39, 0.29) is 22.1 Å². The fourth-order valence-corrected chi connectivity index (χ4v) is 8.33. The van der Waals surface area contributed by atoms with Crippen LogP contribution >= 0.6 is 22.7 Å². The van der Waals surface area contributed by atoms with E-state index >= 15 is 0 Å². The van der Waals surface area contributed by atoms with E-state index in [2.05, 4.69) is 34.0 Å². The van der Waals surface area contributed by atoms with Gasteiger partial charge in [0.05, 0.1) is 28.5 Å². The lowest BCUT2D eigenvalue weighted by Gasteiger charge is -2.47. The molecular formula is C34H49N5O6S2. The van der Waals surface area contributed by atoms with E-state index in [9.17, 15) is 19.5 Å². The predicted octanol–water partition coefficient (Wildman–Crippen LogP) is 5.42. The van der Waals surface area contributed by atoms with Crippen LogP contribution in [0.2, 0.25) is 0 Å². The number of nitrogens with zero attached hydrogens (tertiary/aromatic N) is 3. The molecule has 0 radical (unpaired) electrons. The molecule has 13 heteroatoms. The lowest BCUT2D eigenvalue weighted by atomic mass is 9.89. The molecule has 47 heavy (non-hydrogen) atoms. The Bertz CT molecular complexity index is 1510. The Balaban J connectivity index is 0.909. The third-order valence-electron chi connectivity index (χ3n) is 9.35. The van der Waals surface area contributed by atoms with Gasteiger partial charge in [-0.15, -0.1) is 11.3 Å². The standard InChI is InChI=1S/C34H49N5O6S2/c1-24(2)31-36-26(21-46-31)32(42)39-18-19-45-34(22-39)12-16-38(17-13-34)15-9-7-5-3-4-6-8-14-35-20-28(44-23-40)25-10-11-27(41)29-30(25)47-33(43)37-29/h10-11,21,23-24,28,35,41H,3-9,12-20,22H2,1-2H3,(H,37,43)/t28-/m0/s1. The molecule has 4 heterocycles. The van der Waals surface area contributed by atoms with Gasteiger partial charge in [-0.2, -0.15) is 0 Å². The van der Waals surface area contributed by atoms with Gasteiger partial charge in [-0.1, -0.05) is 63.4 Å². The van der Waals surface area contributed by atoms with Crippen LogP contribution in [0.1, 0.15) is 105 Å². The fourth-order valence-electron chi connectivity index (χ4n) is 6.61. The maximum absolute atomic E-state index is 13.2. The minimum absolute atomic E-state index is 0.00407. The number of thiazole rings is 2. The number of nitrogens with one attached hydrogen (secondary N) is 2. The maximum atomic E-state index is 13.2. The molecule has 2 aliphatic rings. The van der Waals surface area contributed by atoms with Crippen LogP contribution in [0.15, 0.2) is 22.3 Å². The second kappa shape index (κ2) is 17.0. The first-order valence-corrected chi connectivity index (χ1v) is 18.7. The third kappa shape index (κ3) is 9.41. The summed E-state index contributed by atoms with van der Waals surface area (Å²) in [7, 11) is 0. The van der Waals surface area contributed by atoms with E-state index in [1.807, 2.05) is 10.3 Å². The average Bonchev–Trinajstić information content (AvgIpc) is 3.72. The van der Waals surface area contributed by atoms with Gasteiger partial charge in [0, 0.05) is 43.0 Å². The Kier molecular flexibility index (Phi) is 12.8. The quantitative estimate of drug-likeness (QED) is 0.126. The van der Waals surface area contributed by atoms with Gasteiger partial charge in [0.25, 0.3) is 12.4 Å². The molecule has 3 N–H and O–H groups in total. The number of piperidine rings is 1. The minimum atomic E-state index is -0.534. The number of hydrogen-bond donors (Lipinski definition) is 3. The Morgan fingerprint density at radius 1 is 1.15 bits per heavy atom. The number of ether oxygens (including phenoxy) is 2. The molecule has 1 amide bonds. The molecule has 11 nitrogen and oxygen atoms in total. The summed E-state index contributed by atoms with van der Waals surface area (Å²) >= 11 is 2.58. The highest BCUT2D eigenvalue weighted by Gasteiger charge is 2.41. The summed E-state index contributed by atoms with van der Waals surface area (Å²) in [6.45, 7) is 11.0. The summed E-state index contributed by atoms with van der Waals surface area (Å²) in [5, 5.41) is 16.3. The SMILES string of the molecule is CC(C)c1nc(C(=O)N2CCOC3(CCN(CCCCCCCCCNC[C@H](OC=O)c4ccc(O)c5[nH]c(=O)sc45)CC3)C2)cs1. The van der Waals surface area contributed by atoms with Crippen LogP contribution < -0.4 is 10.2 Å². The number of amides is 1. The second-order valence-electron chi connectivity index (χ2n) is 13.1. The molecule has 2 aliphatic heterocycles. The van der Waals surface area contributed by atoms with Crippen LogP contribution in [0.25, 0.3) is 10.2 Å². The number of phenolic OH excluding ortho intramolecular Hbond substituents is 1. The van der Waals surface area contributed by atoms with Crippen molar-refractivity contribution in [2.45, 2.75) is 89.3 Å². The summed E-state index contributed by atoms with van der Waals surface area (Å²) < 4.78 is 12.2. The van der Waals surface area contributed by atoms with E-state index in [0.29, 0.717) is 60.1 Å². The number of rotatable bonds is 17. The molecule has 1 aromatic carbocycles. The van der Waals surface area contributed by atoms with Gasteiger partial charge in [0.2, 0.25) is 0 Å². The van der Waals surface area contributed by atoms with Crippen molar-refractivity contribution in [1.82, 2.24) is 25.1 Å². The van der Waals surface area contributed by atoms with Crippen molar-refractivity contribution in [3.63, 3.8) is 0 Å². The molecule has 5 rings (SSSR count). The largest absolute Gasteiger partial charge is 0.506 e. The molecule has 0 aliphatic carbocycles. The number of hydrogen-bond acceptors (Lipinski definition) is 11. The van der Waals surface area contributed by atoms with Gasteiger partial charge in [-0.25, -0.2) is 4.98 Å². The first-order valence-electron chi connectivity index (χ1n) is 17.0. The molecular weight excluding hydrogens is 639 g/mol. The zero-order valence-corrected chi connectivity index (χ0v) is 29.3. The predicted molar refractivity (Wildman–Crippen MR) is 186 cm³/mol. The van der Waals surface area contributed by atoms with Crippen molar-refractivity contribution in [2.24, 2.45) is 0 Å². The summed E-state index contributed by atoms with van der Waals surface area (Å²) in [5.74, 6) is 0.377. The lowest BCUT2D eigenvalue weighted by molar-refractivity contribution is -0.133. The molecule has 2 saturated heterocycles. The number of likely N-dealkylation sites (tertiary alicyclic amines) is 1. The summed E-state index contributed by atoms with van der Waals surface area (Å²) in [5.41, 5.74) is 1.44. The number of morpholine rings is 1. The average molecular weight is 688 g/mol. The molecule has 1 spiro atoms. The lowest BCUT2D eigenvalue weighted by Crippen LogP contribution is -2.58. The molecule has 258 valence electrons. The zero-order valence-electron chi connectivity index (χ0n) is 27.6. The van der Waals surface area contributed by atoms with Crippen molar-refractivity contribution < 1.29 is 24.2 Å². The molecule has 2 fully saturated rings. The first kappa shape index (κ1) is 35.5. The Morgan fingerprint density at radius 3 is 2.62 bits per heavy atom. The number of fused-ring (bicyclic) bond motifs is 1. The molecule has 2 aromatic heterocycles. The van der Waals surface area contributed by atoms with Gasteiger partial charge in [-0.3, -0.25) is 14.4 Å². The number of benzene rings is 1. The van der Waals surface area contributed by atoms with Crippen LogP contribution in [0, 0.1) is 0 Å². The fraction of sp³-hybridized carbons (Fsp3) is 0.647. The van der Waals surface area contributed by atoms with Crippen molar-refractivity contribution >= 4 is 45.3 Å². The highest BCUT2D eigenvalue weighted by atomic mass is 32.1. The van der Waals surface area contributed by atoms with Crippen LogP contribution in [0.5, 0.6) is 5.75 Å². The minimum Gasteiger partial charge on any atom is -0.506 e. The van der Waals surface area contributed by atoms with Crippen LogP contribution in [-0.2, 0) is 14.3 Å². The molecule has 0 unspecified atom stereocenters. The summed E-state index contributed by atoms with van der Waals surface area (Å²) in [6, 6.07) is 3.22. The maximum Gasteiger partial charge on any atom is 0.305 e. The molecule has 3 aromatic rings. The Morgan fingerprint density at radius 2 is 1.89 bits per heavy atom. The van der Waals surface area contributed by atoms with Gasteiger partial charge in [0.1, 0.15) is 23.1 Å². The normalized spacial score (nSPS) is 17.5. The van der Waals surface area contributed by atoms with Crippen molar-refractivity contribution in [1.29, 1.82) is 0 Å². The number of carbonyl (C=O) groups is 2. The number of carbonyl (C=O) groups excluding carboxylic acids is 2. The van der Waals surface area contributed by atoms with Crippen LogP contribution in [0.4, 0.5) is 0 Å². The van der Waals surface area contributed by atoms with Gasteiger partial charge >= 0.3 is 4.87 Å². The topological polar surface area (TPSA) is 137 Å². The van der Waals surface area contributed by atoms with E-state index in [4.69, 9.17) is 9.47 Å². The third-order valence-corrected chi connectivity index (χ3v) is 11.4. The van der Waals surface area contributed by atoms with E-state index < -0.39 is 6.10 Å². The molecule has 0 saturated carbocycles. The highest BCUT2D eigenvalue weighted by Crippen LogP contribution is 2.33. The van der Waals surface area contributed by atoms with Crippen LogP contribution in [-0.4, -0.2) is 95.3 Å². The van der Waals surface area contributed by atoms with Crippen molar-refractivity contribution in [3.8, 4) is 5.75 Å². The van der Waals surface area contributed by atoms with E-state index in [0.717, 1.165) is 68.2 Å². The number of aromatic nitrogens is 2. The highest BCUT2D eigenvalue weighted by molar-refractivity contribution is 7.16. The van der Waals surface area contributed by atoms with Crippen molar-refractivity contribution in [3.05, 3.63) is 43.4 Å². The van der Waals surface area contributed by atoms with E-state index in [1.165, 1.54) is 38.2 Å². The summed E-state index contributed by atoms with van der Waals surface area (Å²) in [4.78, 5) is 47.6. The van der Waals surface area contributed by atoms with Crippen LogP contribution in [0.3, 0.4) is 0 Å². The Labute approximate surface area is 284 Å². The monoisotopic (exact) mass is 687 g/mol. The molecule has 1 atom stereocenters. The van der Waals surface area contributed by atoms with Crippen molar-refractivity contribution in [2.75, 3.05) is 52.4 Å². The zero-order chi connectivity index (χ0) is 33.2. The number of H-pyrrole nitrogens is 1. The Hall–Kier alpha value is -2.84. The number of aromatic amines is 1. The van der Waals surface area contributed by atoms with E-state index in [1.54, 1.807) is 17.4 Å². The smallest absolute Gasteiger partial charge is 0.305 e. The second-order valence-corrected chi connectivity index (χ2v) is 15.0. The summed E-state index contributed by atoms with van der Waals surface area (Å²) in [6.07, 6.45) is 9.70. The first-order chi connectivity index (χ1) is 22.8. The van der Waals surface area contributed by atoms with Gasteiger partial charge < -0.3 is 34.7 Å². The number of phenols is 1. The molecule has 0 bridgehead atoms. The van der Waals surface area contributed by atoms with Gasteiger partial charge in [-0.05, 0) is 44.8 Å². The number of unbranched alkanes of at least 4 members (excludes halogenated alkanes) is 6. The number of aromatic hydroxyl groups is 1.